The fourth-order valence-corrected chi connectivity index (χ4v) is 4.36. The number of nitro groups is 1. The largest absolute Gasteiger partial charge is 0.497 e. The fourth-order valence-electron chi connectivity index (χ4n) is 3.33. The summed E-state index contributed by atoms with van der Waals surface area (Å²) in [6.07, 6.45) is 1.43. The first-order valence-corrected chi connectivity index (χ1v) is 10.8. The first-order chi connectivity index (χ1) is 16.3. The van der Waals surface area contributed by atoms with Crippen LogP contribution in [0.25, 0.3) is 21.9 Å². The summed E-state index contributed by atoms with van der Waals surface area (Å²) in [5.74, 6) is 1.18. The Morgan fingerprint density at radius 3 is 2.56 bits per heavy atom. The van der Waals surface area contributed by atoms with Crippen molar-refractivity contribution in [3.05, 3.63) is 84.8 Å². The van der Waals surface area contributed by atoms with Gasteiger partial charge in [-0.1, -0.05) is 6.07 Å². The van der Waals surface area contributed by atoms with Crippen molar-refractivity contribution in [2.24, 2.45) is 0 Å². The second-order valence-electron chi connectivity index (χ2n) is 7.31. The number of nitrogens with zero attached hydrogens (tertiary/aromatic N) is 3. The number of nitro benzene ring substituents is 1. The van der Waals surface area contributed by atoms with Crippen molar-refractivity contribution in [2.45, 2.75) is 13.8 Å². The summed E-state index contributed by atoms with van der Waals surface area (Å²) in [6.45, 7) is 3.75. The maximum Gasteiger partial charge on any atom is 0.312 e. The lowest BCUT2D eigenvalue weighted by molar-refractivity contribution is -0.385. The number of aromatic nitrogens is 2. The van der Waals surface area contributed by atoms with Crippen molar-refractivity contribution in [3.8, 4) is 23.3 Å². The van der Waals surface area contributed by atoms with Crippen molar-refractivity contribution in [3.63, 3.8) is 0 Å². The molecule has 0 atom stereocenters. The van der Waals surface area contributed by atoms with Gasteiger partial charge in [-0.2, -0.15) is 5.26 Å². The van der Waals surface area contributed by atoms with Gasteiger partial charge in [-0.05, 0) is 61.4 Å². The summed E-state index contributed by atoms with van der Waals surface area (Å²) >= 11 is 1.37. The molecule has 10 heteroatoms. The third-order valence-electron chi connectivity index (χ3n) is 5.19. The molecular formula is C24H18N4O5S. The zero-order chi connectivity index (χ0) is 24.4. The van der Waals surface area contributed by atoms with Gasteiger partial charge in [0.2, 0.25) is 5.75 Å². The Morgan fingerprint density at radius 1 is 1.21 bits per heavy atom. The highest BCUT2D eigenvalue weighted by atomic mass is 32.1. The Kier molecular flexibility index (Phi) is 6.12. The van der Waals surface area contributed by atoms with Crippen LogP contribution >= 0.6 is 11.3 Å². The molecule has 2 aromatic heterocycles. The van der Waals surface area contributed by atoms with E-state index in [9.17, 15) is 20.2 Å². The number of hydrogen-bond acceptors (Lipinski definition) is 8. The third-order valence-corrected chi connectivity index (χ3v) is 6.29. The van der Waals surface area contributed by atoms with Crippen LogP contribution in [0.15, 0.2) is 47.3 Å². The minimum Gasteiger partial charge on any atom is -0.497 e. The normalized spacial score (nSPS) is 11.3. The summed E-state index contributed by atoms with van der Waals surface area (Å²) in [5.41, 5.74) is 0.693. The van der Waals surface area contributed by atoms with Crippen LogP contribution in [0.3, 0.4) is 0 Å². The predicted octanol–water partition coefficient (Wildman–Crippen LogP) is 5.37. The zero-order valence-corrected chi connectivity index (χ0v) is 19.2. The Balaban J connectivity index is 1.72. The highest BCUT2D eigenvalue weighted by Crippen LogP contribution is 2.34. The number of rotatable bonds is 6. The van der Waals surface area contributed by atoms with E-state index in [1.165, 1.54) is 36.7 Å². The smallest absolute Gasteiger partial charge is 0.312 e. The van der Waals surface area contributed by atoms with Gasteiger partial charge in [0.15, 0.2) is 5.82 Å². The second-order valence-corrected chi connectivity index (χ2v) is 8.51. The van der Waals surface area contributed by atoms with Crippen LogP contribution in [0, 0.1) is 35.3 Å². The third kappa shape index (κ3) is 4.37. The van der Waals surface area contributed by atoms with Gasteiger partial charge in [0.05, 0.1) is 23.0 Å². The lowest BCUT2D eigenvalue weighted by atomic mass is 10.1. The van der Waals surface area contributed by atoms with Gasteiger partial charge >= 0.3 is 5.69 Å². The van der Waals surface area contributed by atoms with E-state index in [-0.39, 0.29) is 28.4 Å². The molecule has 2 heterocycles. The van der Waals surface area contributed by atoms with Crippen molar-refractivity contribution >= 4 is 38.9 Å². The van der Waals surface area contributed by atoms with Gasteiger partial charge < -0.3 is 14.5 Å². The summed E-state index contributed by atoms with van der Waals surface area (Å²) in [6, 6.07) is 13.0. The minimum absolute atomic E-state index is 0.0447. The lowest BCUT2D eigenvalue weighted by Gasteiger charge is -2.08. The molecular weight excluding hydrogens is 456 g/mol. The number of aromatic amines is 1. The van der Waals surface area contributed by atoms with Gasteiger partial charge in [-0.3, -0.25) is 14.9 Å². The second kappa shape index (κ2) is 9.17. The highest BCUT2D eigenvalue weighted by molar-refractivity contribution is 7.18. The van der Waals surface area contributed by atoms with E-state index in [4.69, 9.17) is 9.47 Å². The molecule has 34 heavy (non-hydrogen) atoms. The molecule has 0 radical (unpaired) electrons. The number of benzene rings is 2. The number of aryl methyl sites for hydroxylation is 2. The Morgan fingerprint density at radius 2 is 1.91 bits per heavy atom. The number of thiophene rings is 1. The molecule has 0 aliphatic carbocycles. The number of hydrogen-bond donors (Lipinski definition) is 1. The summed E-state index contributed by atoms with van der Waals surface area (Å²) < 4.78 is 10.8. The van der Waals surface area contributed by atoms with Crippen molar-refractivity contribution in [2.75, 3.05) is 7.11 Å². The molecule has 0 amide bonds. The number of methoxy groups -OCH3 is 1. The van der Waals surface area contributed by atoms with Crippen molar-refractivity contribution in [1.29, 1.82) is 5.26 Å². The topological polar surface area (TPSA) is 131 Å². The van der Waals surface area contributed by atoms with Gasteiger partial charge in [0, 0.05) is 10.9 Å². The average Bonchev–Trinajstić information content (AvgIpc) is 3.12. The number of nitriles is 1. The standard InChI is InChI=1S/C24H18N4O5S/c1-13-14(2)34-24-21(13)23(29)26-22(27-24)16(12-25)10-15-4-9-20(19(11-15)28(30)31)33-18-7-5-17(32-3)6-8-18/h4-11H,1-3H3,(H,26,27,29)/b16-10-. The van der Waals surface area contributed by atoms with Gasteiger partial charge in [0.25, 0.3) is 5.56 Å². The first-order valence-electron chi connectivity index (χ1n) is 10.0. The van der Waals surface area contributed by atoms with E-state index < -0.39 is 4.92 Å². The van der Waals surface area contributed by atoms with E-state index >= 15 is 0 Å². The van der Waals surface area contributed by atoms with Crippen LogP contribution in [-0.2, 0) is 0 Å². The number of ether oxygens (including phenoxy) is 2. The number of allylic oxidation sites excluding steroid dienone is 1. The van der Waals surface area contributed by atoms with E-state index in [2.05, 4.69) is 9.97 Å². The van der Waals surface area contributed by atoms with E-state index in [0.29, 0.717) is 27.3 Å². The molecule has 4 rings (SSSR count). The maximum absolute atomic E-state index is 12.6. The van der Waals surface area contributed by atoms with Crippen LogP contribution in [0.4, 0.5) is 5.69 Å². The van der Waals surface area contributed by atoms with Gasteiger partial charge in [-0.25, -0.2) is 4.98 Å². The summed E-state index contributed by atoms with van der Waals surface area (Å²) in [5, 5.41) is 21.9. The Bertz CT molecular complexity index is 1540. The predicted molar refractivity (Wildman–Crippen MR) is 129 cm³/mol. The monoisotopic (exact) mass is 474 g/mol. The average molecular weight is 474 g/mol. The molecule has 0 unspecified atom stereocenters. The molecule has 0 bridgehead atoms. The molecule has 1 N–H and O–H groups in total. The molecule has 0 aliphatic heterocycles. The molecule has 0 saturated heterocycles. The van der Waals surface area contributed by atoms with Crippen LogP contribution in [0.1, 0.15) is 21.8 Å². The van der Waals surface area contributed by atoms with Crippen LogP contribution < -0.4 is 15.0 Å². The van der Waals surface area contributed by atoms with Crippen molar-refractivity contribution in [1.82, 2.24) is 9.97 Å². The van der Waals surface area contributed by atoms with Crippen LogP contribution in [0.5, 0.6) is 17.2 Å². The lowest BCUT2D eigenvalue weighted by Crippen LogP contribution is -2.10. The van der Waals surface area contributed by atoms with Crippen LogP contribution in [0.2, 0.25) is 0 Å². The SMILES string of the molecule is COc1ccc(Oc2ccc(/C=C(/C#N)c3nc4sc(C)c(C)c4c(=O)[nH]3)cc2[N+](=O)[O-])cc1. The number of nitrogens with one attached hydrogen (secondary N) is 1. The zero-order valence-electron chi connectivity index (χ0n) is 18.4. The molecule has 2 aromatic carbocycles. The molecule has 0 fully saturated rings. The Hall–Kier alpha value is -4.49. The fraction of sp³-hybridized carbons (Fsp3) is 0.125. The molecule has 4 aromatic rings. The maximum atomic E-state index is 12.6. The molecule has 0 aliphatic rings. The Labute approximate surface area is 197 Å². The molecule has 0 spiro atoms. The van der Waals surface area contributed by atoms with Crippen molar-refractivity contribution < 1.29 is 14.4 Å². The van der Waals surface area contributed by atoms with Crippen LogP contribution in [-0.4, -0.2) is 22.0 Å². The summed E-state index contributed by atoms with van der Waals surface area (Å²) in [4.78, 5) is 32.3. The van der Waals surface area contributed by atoms with E-state index in [1.54, 1.807) is 30.3 Å². The molecule has 170 valence electrons. The summed E-state index contributed by atoms with van der Waals surface area (Å²) in [7, 11) is 1.54. The number of fused-ring (bicyclic) bond motifs is 1. The molecule has 9 nitrogen and oxygen atoms in total. The van der Waals surface area contributed by atoms with E-state index in [1.807, 2.05) is 19.9 Å². The quantitative estimate of drug-likeness (QED) is 0.226. The van der Waals surface area contributed by atoms with Gasteiger partial charge in [-0.15, -0.1) is 11.3 Å². The van der Waals surface area contributed by atoms with E-state index in [0.717, 1.165) is 10.4 Å². The van der Waals surface area contributed by atoms with Gasteiger partial charge in [0.1, 0.15) is 22.4 Å². The number of H-pyrrole nitrogens is 1. The highest BCUT2D eigenvalue weighted by Gasteiger charge is 2.18. The first kappa shape index (κ1) is 22.7. The minimum atomic E-state index is -0.564. The molecule has 0 saturated carbocycles.